The van der Waals surface area contributed by atoms with Gasteiger partial charge < -0.3 is 14.2 Å². The molecule has 0 heterocycles. The summed E-state index contributed by atoms with van der Waals surface area (Å²) in [6, 6.07) is 28.9. The van der Waals surface area contributed by atoms with Crippen LogP contribution in [-0.4, -0.2) is 14.2 Å². The van der Waals surface area contributed by atoms with Gasteiger partial charge in [-0.1, -0.05) is 72.8 Å². The van der Waals surface area contributed by atoms with E-state index in [0.29, 0.717) is 0 Å². The van der Waals surface area contributed by atoms with E-state index in [1.807, 2.05) is 36.4 Å². The molecule has 27 heavy (non-hydrogen) atoms. The Balaban J connectivity index is 1.62. The maximum atomic E-state index is 6.17. The van der Waals surface area contributed by atoms with Crippen LogP contribution in [-0.2, 0) is 14.2 Å². The summed E-state index contributed by atoms with van der Waals surface area (Å²) in [6.45, 7) is 0. The van der Waals surface area contributed by atoms with Gasteiger partial charge in [-0.15, -0.1) is 0 Å². The van der Waals surface area contributed by atoms with Crippen LogP contribution in [0, 0.1) is 0 Å². The third kappa shape index (κ3) is 3.71. The second-order valence-electron chi connectivity index (χ2n) is 6.48. The number of hydrogen-bond donors (Lipinski definition) is 0. The van der Waals surface area contributed by atoms with Crippen molar-refractivity contribution in [1.29, 1.82) is 0 Å². The van der Waals surface area contributed by atoms with Crippen LogP contribution in [0.1, 0.15) is 23.7 Å². The Morgan fingerprint density at radius 1 is 0.519 bits per heavy atom. The lowest BCUT2D eigenvalue weighted by Gasteiger charge is -2.24. The van der Waals surface area contributed by atoms with Crippen LogP contribution in [0.25, 0.3) is 21.5 Å². The van der Waals surface area contributed by atoms with E-state index in [-0.39, 0.29) is 0 Å². The van der Waals surface area contributed by atoms with E-state index < -0.39 is 12.6 Å². The lowest BCUT2D eigenvalue weighted by molar-refractivity contribution is -0.237. The van der Waals surface area contributed by atoms with E-state index in [2.05, 4.69) is 48.5 Å². The van der Waals surface area contributed by atoms with E-state index in [1.165, 1.54) is 10.8 Å². The topological polar surface area (TPSA) is 27.7 Å². The first-order chi connectivity index (χ1) is 13.3. The van der Waals surface area contributed by atoms with Crippen LogP contribution in [0.4, 0.5) is 0 Å². The normalized spacial score (nSPS) is 13.7. The van der Waals surface area contributed by atoms with Gasteiger partial charge in [-0.2, -0.15) is 0 Å². The van der Waals surface area contributed by atoms with Crippen molar-refractivity contribution in [2.24, 2.45) is 0 Å². The van der Waals surface area contributed by atoms with Gasteiger partial charge in [-0.25, -0.2) is 0 Å². The van der Waals surface area contributed by atoms with Crippen molar-refractivity contribution in [3.05, 3.63) is 96.1 Å². The standard InChI is InChI=1S/C24H22O3/c1-25-23(21-13-11-17-7-3-5-9-19(17)15-21)27-24(26-2)22-14-12-18-8-4-6-10-20(18)16-22/h3-16,23-24H,1-2H3. The Hall–Kier alpha value is -2.72. The zero-order chi connectivity index (χ0) is 18.6. The Labute approximate surface area is 159 Å². The first kappa shape index (κ1) is 17.7. The Kier molecular flexibility index (Phi) is 5.16. The summed E-state index contributed by atoms with van der Waals surface area (Å²) in [5, 5.41) is 4.68. The highest BCUT2D eigenvalue weighted by molar-refractivity contribution is 5.83. The summed E-state index contributed by atoms with van der Waals surface area (Å²) >= 11 is 0. The van der Waals surface area contributed by atoms with Crippen LogP contribution >= 0.6 is 0 Å². The number of ether oxygens (including phenoxy) is 3. The van der Waals surface area contributed by atoms with Gasteiger partial charge in [0.15, 0.2) is 12.6 Å². The largest absolute Gasteiger partial charge is 0.352 e. The molecule has 0 saturated carbocycles. The van der Waals surface area contributed by atoms with E-state index in [9.17, 15) is 0 Å². The molecule has 0 aliphatic heterocycles. The lowest BCUT2D eigenvalue weighted by atomic mass is 10.1. The molecule has 0 saturated heterocycles. The van der Waals surface area contributed by atoms with Gasteiger partial charge in [-0.05, 0) is 33.7 Å². The van der Waals surface area contributed by atoms with Crippen molar-refractivity contribution in [3.8, 4) is 0 Å². The highest BCUT2D eigenvalue weighted by atomic mass is 16.8. The van der Waals surface area contributed by atoms with Crippen LogP contribution in [0.15, 0.2) is 84.9 Å². The molecule has 2 unspecified atom stereocenters. The third-order valence-corrected chi connectivity index (χ3v) is 4.77. The predicted octanol–water partition coefficient (Wildman–Crippen LogP) is 6.00. The second-order valence-corrected chi connectivity index (χ2v) is 6.48. The molecule has 0 fully saturated rings. The first-order valence-corrected chi connectivity index (χ1v) is 8.97. The molecule has 0 spiro atoms. The fourth-order valence-corrected chi connectivity index (χ4v) is 3.36. The summed E-state index contributed by atoms with van der Waals surface area (Å²) in [6.07, 6.45) is -1.04. The summed E-state index contributed by atoms with van der Waals surface area (Å²) in [5.41, 5.74) is 1.91. The van der Waals surface area contributed by atoms with Crippen LogP contribution < -0.4 is 0 Å². The molecule has 4 aromatic rings. The van der Waals surface area contributed by atoms with Gasteiger partial charge in [0.05, 0.1) is 0 Å². The average molecular weight is 358 g/mol. The minimum Gasteiger partial charge on any atom is -0.352 e. The summed E-state index contributed by atoms with van der Waals surface area (Å²) in [4.78, 5) is 0. The number of rotatable bonds is 6. The summed E-state index contributed by atoms with van der Waals surface area (Å²) in [5.74, 6) is 0. The van der Waals surface area contributed by atoms with Crippen molar-refractivity contribution in [3.63, 3.8) is 0 Å². The minimum atomic E-state index is -0.522. The molecule has 4 aromatic carbocycles. The lowest BCUT2D eigenvalue weighted by Crippen LogP contribution is -2.13. The van der Waals surface area contributed by atoms with Gasteiger partial charge in [0.25, 0.3) is 0 Å². The van der Waals surface area contributed by atoms with Crippen LogP contribution in [0.2, 0.25) is 0 Å². The molecule has 0 aliphatic carbocycles. The molecule has 136 valence electrons. The summed E-state index contributed by atoms with van der Waals surface area (Å²) < 4.78 is 17.4. The number of benzene rings is 4. The molecule has 0 bridgehead atoms. The highest BCUT2D eigenvalue weighted by Gasteiger charge is 2.20. The molecule has 2 atom stereocenters. The Morgan fingerprint density at radius 3 is 1.33 bits per heavy atom. The molecule has 4 rings (SSSR count). The van der Waals surface area contributed by atoms with E-state index >= 15 is 0 Å². The molecule has 3 heteroatoms. The van der Waals surface area contributed by atoms with E-state index in [4.69, 9.17) is 14.2 Å². The Bertz CT molecular complexity index is 972. The molecule has 0 N–H and O–H groups in total. The molecular formula is C24H22O3. The van der Waals surface area contributed by atoms with Gasteiger partial charge in [0.1, 0.15) is 0 Å². The fourth-order valence-electron chi connectivity index (χ4n) is 3.36. The van der Waals surface area contributed by atoms with E-state index in [1.54, 1.807) is 14.2 Å². The van der Waals surface area contributed by atoms with Crippen molar-refractivity contribution in [2.45, 2.75) is 12.6 Å². The monoisotopic (exact) mass is 358 g/mol. The molecule has 3 nitrogen and oxygen atoms in total. The van der Waals surface area contributed by atoms with Gasteiger partial charge in [0.2, 0.25) is 0 Å². The van der Waals surface area contributed by atoms with Crippen LogP contribution in [0.3, 0.4) is 0 Å². The zero-order valence-corrected chi connectivity index (χ0v) is 15.5. The minimum absolute atomic E-state index is 0.522. The fraction of sp³-hybridized carbons (Fsp3) is 0.167. The van der Waals surface area contributed by atoms with Crippen LogP contribution in [0.5, 0.6) is 0 Å². The van der Waals surface area contributed by atoms with Gasteiger partial charge >= 0.3 is 0 Å². The predicted molar refractivity (Wildman–Crippen MR) is 108 cm³/mol. The second kappa shape index (κ2) is 7.89. The molecule has 0 radical (unpaired) electrons. The Morgan fingerprint density at radius 2 is 0.926 bits per heavy atom. The number of methoxy groups -OCH3 is 2. The molecule has 0 amide bonds. The van der Waals surface area contributed by atoms with Crippen molar-refractivity contribution < 1.29 is 14.2 Å². The maximum Gasteiger partial charge on any atom is 0.186 e. The van der Waals surface area contributed by atoms with Crippen molar-refractivity contribution in [2.75, 3.05) is 14.2 Å². The van der Waals surface area contributed by atoms with Crippen molar-refractivity contribution in [1.82, 2.24) is 0 Å². The molecule has 0 aromatic heterocycles. The molecular weight excluding hydrogens is 336 g/mol. The number of fused-ring (bicyclic) bond motifs is 2. The maximum absolute atomic E-state index is 6.17. The smallest absolute Gasteiger partial charge is 0.186 e. The summed E-state index contributed by atoms with van der Waals surface area (Å²) in [7, 11) is 3.29. The van der Waals surface area contributed by atoms with Gasteiger partial charge in [-0.3, -0.25) is 0 Å². The highest BCUT2D eigenvalue weighted by Crippen LogP contribution is 2.31. The average Bonchev–Trinajstić information content (AvgIpc) is 2.74. The van der Waals surface area contributed by atoms with Gasteiger partial charge in [0, 0.05) is 25.3 Å². The van der Waals surface area contributed by atoms with E-state index in [0.717, 1.165) is 21.9 Å². The zero-order valence-electron chi connectivity index (χ0n) is 15.5. The third-order valence-electron chi connectivity index (χ3n) is 4.77. The SMILES string of the molecule is COC(OC(OC)c1ccc2ccccc2c1)c1ccc2ccccc2c1. The quantitative estimate of drug-likeness (QED) is 0.396. The first-order valence-electron chi connectivity index (χ1n) is 8.97. The van der Waals surface area contributed by atoms with Crippen molar-refractivity contribution >= 4 is 21.5 Å². The number of hydrogen-bond acceptors (Lipinski definition) is 3. The molecule has 0 aliphatic rings.